The van der Waals surface area contributed by atoms with Gasteiger partial charge in [0.25, 0.3) is 10.0 Å². The van der Waals surface area contributed by atoms with Crippen LogP contribution in [0.4, 0.5) is 5.69 Å². The van der Waals surface area contributed by atoms with Gasteiger partial charge in [0.15, 0.2) is 0 Å². The van der Waals surface area contributed by atoms with Gasteiger partial charge in [0.1, 0.15) is 9.96 Å². The van der Waals surface area contributed by atoms with E-state index in [-0.39, 0.29) is 4.21 Å². The highest BCUT2D eigenvalue weighted by atomic mass is 35.5. The van der Waals surface area contributed by atoms with Gasteiger partial charge in [0, 0.05) is 11.6 Å². The zero-order valence-corrected chi connectivity index (χ0v) is 15.1. The minimum atomic E-state index is -3.72. The minimum absolute atomic E-state index is 0.161. The molecule has 2 aromatic carbocycles. The molecule has 24 heavy (non-hydrogen) atoms. The van der Waals surface area contributed by atoms with Crippen molar-refractivity contribution < 1.29 is 13.2 Å². The number of benzene rings is 2. The lowest BCUT2D eigenvalue weighted by Crippen LogP contribution is -2.12. The van der Waals surface area contributed by atoms with E-state index in [9.17, 15) is 8.42 Å². The molecular weight excluding hydrogens is 366 g/mol. The highest BCUT2D eigenvalue weighted by Crippen LogP contribution is 2.34. The van der Waals surface area contributed by atoms with Crippen molar-refractivity contribution in [3.8, 4) is 16.9 Å². The van der Waals surface area contributed by atoms with E-state index in [4.69, 9.17) is 16.3 Å². The highest BCUT2D eigenvalue weighted by molar-refractivity contribution is 7.94. The minimum Gasteiger partial charge on any atom is -0.497 e. The molecule has 0 bridgehead atoms. The molecule has 1 heterocycles. The topological polar surface area (TPSA) is 55.4 Å². The summed E-state index contributed by atoms with van der Waals surface area (Å²) < 4.78 is 33.6. The summed E-state index contributed by atoms with van der Waals surface area (Å²) in [7, 11) is -2.18. The summed E-state index contributed by atoms with van der Waals surface area (Å²) in [6.07, 6.45) is 0. The molecule has 0 atom stereocenters. The lowest BCUT2D eigenvalue weighted by Gasteiger charge is -2.13. The second-order valence-corrected chi connectivity index (χ2v) is 8.57. The molecule has 0 radical (unpaired) electrons. The number of nitrogens with one attached hydrogen (secondary N) is 1. The first-order chi connectivity index (χ1) is 11.5. The molecule has 7 heteroatoms. The first kappa shape index (κ1) is 16.8. The number of sulfonamides is 1. The van der Waals surface area contributed by atoms with E-state index >= 15 is 0 Å². The summed E-state index contributed by atoms with van der Waals surface area (Å²) in [5.74, 6) is 0.566. The second kappa shape index (κ2) is 6.84. The fourth-order valence-electron chi connectivity index (χ4n) is 2.24. The second-order valence-electron chi connectivity index (χ2n) is 4.94. The van der Waals surface area contributed by atoms with Gasteiger partial charge in [-0.3, -0.25) is 4.72 Å². The molecule has 0 amide bonds. The number of methoxy groups -OCH3 is 1. The van der Waals surface area contributed by atoms with Crippen molar-refractivity contribution >= 4 is 38.6 Å². The molecule has 0 aliphatic carbocycles. The van der Waals surface area contributed by atoms with Crippen LogP contribution in [0.5, 0.6) is 5.75 Å². The van der Waals surface area contributed by atoms with Crippen molar-refractivity contribution in [1.82, 2.24) is 0 Å². The summed E-state index contributed by atoms with van der Waals surface area (Å²) in [6.45, 7) is 0. The molecular formula is C17H14ClNO3S2. The number of hydrogen-bond donors (Lipinski definition) is 1. The van der Waals surface area contributed by atoms with Crippen molar-refractivity contribution in [2.75, 3.05) is 11.8 Å². The van der Waals surface area contributed by atoms with E-state index in [0.717, 1.165) is 22.5 Å². The molecule has 1 N–H and O–H groups in total. The fourth-order valence-corrected chi connectivity index (χ4v) is 4.79. The summed E-state index contributed by atoms with van der Waals surface area (Å²) in [6, 6.07) is 17.9. The van der Waals surface area contributed by atoms with Crippen LogP contribution in [0, 0.1) is 0 Å². The molecule has 124 valence electrons. The Labute approximate surface area is 149 Å². The first-order valence-electron chi connectivity index (χ1n) is 7.01. The maximum Gasteiger partial charge on any atom is 0.271 e. The van der Waals surface area contributed by atoms with E-state index in [0.29, 0.717) is 15.8 Å². The van der Waals surface area contributed by atoms with Gasteiger partial charge in [-0.05, 0) is 29.8 Å². The van der Waals surface area contributed by atoms with E-state index in [1.807, 2.05) is 36.4 Å². The smallest absolute Gasteiger partial charge is 0.271 e. The predicted octanol–water partition coefficient (Wildman–Crippen LogP) is 4.88. The van der Waals surface area contributed by atoms with E-state index in [1.54, 1.807) is 18.2 Å². The van der Waals surface area contributed by atoms with Crippen molar-refractivity contribution in [2.24, 2.45) is 0 Å². The lowest BCUT2D eigenvalue weighted by atomic mass is 10.0. The van der Waals surface area contributed by atoms with Crippen LogP contribution in [0.2, 0.25) is 4.34 Å². The number of thiophene rings is 1. The Morgan fingerprint density at radius 3 is 2.42 bits per heavy atom. The highest BCUT2D eigenvalue weighted by Gasteiger charge is 2.19. The van der Waals surface area contributed by atoms with Crippen LogP contribution in [-0.4, -0.2) is 15.5 Å². The van der Waals surface area contributed by atoms with Gasteiger partial charge in [0.2, 0.25) is 0 Å². The van der Waals surface area contributed by atoms with Crippen LogP contribution in [0.25, 0.3) is 11.1 Å². The van der Waals surface area contributed by atoms with Gasteiger partial charge in [-0.15, -0.1) is 11.3 Å². The number of halogens is 1. The molecule has 0 spiro atoms. The van der Waals surface area contributed by atoms with Crippen LogP contribution in [0.15, 0.2) is 64.9 Å². The Balaban J connectivity index is 2.06. The maximum atomic E-state index is 12.6. The van der Waals surface area contributed by atoms with Gasteiger partial charge in [-0.1, -0.05) is 41.9 Å². The third-order valence-corrected chi connectivity index (χ3v) is 6.46. The first-order valence-corrected chi connectivity index (χ1v) is 9.69. The Bertz CT molecular complexity index is 953. The monoisotopic (exact) mass is 379 g/mol. The molecule has 3 rings (SSSR count). The quantitative estimate of drug-likeness (QED) is 0.687. The average molecular weight is 380 g/mol. The van der Waals surface area contributed by atoms with Crippen LogP contribution in [0.1, 0.15) is 0 Å². The Kier molecular flexibility index (Phi) is 4.80. The molecule has 0 unspecified atom stereocenters. The van der Waals surface area contributed by atoms with Gasteiger partial charge >= 0.3 is 0 Å². The molecule has 0 fully saturated rings. The summed E-state index contributed by atoms with van der Waals surface area (Å²) in [5, 5.41) is 0. The molecule has 4 nitrogen and oxygen atoms in total. The Morgan fingerprint density at radius 1 is 1.04 bits per heavy atom. The molecule has 3 aromatic rings. The fraction of sp³-hybridized carbons (Fsp3) is 0.0588. The van der Waals surface area contributed by atoms with Crippen molar-refractivity contribution in [2.45, 2.75) is 4.21 Å². The summed E-state index contributed by atoms with van der Waals surface area (Å²) in [5.41, 5.74) is 2.12. The molecule has 0 aliphatic rings. The number of rotatable bonds is 5. The zero-order chi connectivity index (χ0) is 17.2. The van der Waals surface area contributed by atoms with E-state index in [2.05, 4.69) is 4.72 Å². The van der Waals surface area contributed by atoms with Crippen molar-refractivity contribution in [3.63, 3.8) is 0 Å². The zero-order valence-electron chi connectivity index (χ0n) is 12.7. The Hall–Kier alpha value is -2.02. The largest absolute Gasteiger partial charge is 0.497 e. The van der Waals surface area contributed by atoms with Crippen LogP contribution in [-0.2, 0) is 10.0 Å². The number of hydrogen-bond acceptors (Lipinski definition) is 4. The van der Waals surface area contributed by atoms with Gasteiger partial charge < -0.3 is 4.74 Å². The normalized spacial score (nSPS) is 11.2. The summed E-state index contributed by atoms with van der Waals surface area (Å²) >= 11 is 6.86. The molecule has 0 aliphatic heterocycles. The SMILES string of the molecule is COc1ccc(-c2ccccc2)c(NS(=O)(=O)c2ccc(Cl)s2)c1. The van der Waals surface area contributed by atoms with E-state index < -0.39 is 10.0 Å². The van der Waals surface area contributed by atoms with Crippen LogP contribution < -0.4 is 9.46 Å². The average Bonchev–Trinajstić information content (AvgIpc) is 3.03. The molecule has 0 saturated heterocycles. The number of anilines is 1. The molecule has 0 saturated carbocycles. The van der Waals surface area contributed by atoms with Gasteiger partial charge in [-0.2, -0.15) is 0 Å². The maximum absolute atomic E-state index is 12.6. The standard InChI is InChI=1S/C17H14ClNO3S2/c1-22-13-7-8-14(12-5-3-2-4-6-12)15(11-13)19-24(20,21)17-10-9-16(18)23-17/h2-11,19H,1H3. The third kappa shape index (κ3) is 3.56. The van der Waals surface area contributed by atoms with Crippen LogP contribution >= 0.6 is 22.9 Å². The predicted molar refractivity (Wildman–Crippen MR) is 98.6 cm³/mol. The van der Waals surface area contributed by atoms with Gasteiger partial charge in [-0.25, -0.2) is 8.42 Å². The summed E-state index contributed by atoms with van der Waals surface area (Å²) in [4.78, 5) is 0. The third-order valence-electron chi connectivity index (χ3n) is 3.37. The Morgan fingerprint density at radius 2 is 1.79 bits per heavy atom. The van der Waals surface area contributed by atoms with E-state index in [1.165, 1.54) is 13.2 Å². The van der Waals surface area contributed by atoms with Gasteiger partial charge in [0.05, 0.1) is 17.1 Å². The number of ether oxygens (including phenoxy) is 1. The van der Waals surface area contributed by atoms with Crippen LogP contribution in [0.3, 0.4) is 0 Å². The van der Waals surface area contributed by atoms with Crippen molar-refractivity contribution in [1.29, 1.82) is 0 Å². The molecule has 1 aromatic heterocycles. The lowest BCUT2D eigenvalue weighted by molar-refractivity contribution is 0.415. The van der Waals surface area contributed by atoms with Crippen molar-refractivity contribution in [3.05, 3.63) is 65.0 Å².